The number of methoxy groups -OCH3 is 1. The number of amides is 2. The molecule has 0 aromatic heterocycles. The highest BCUT2D eigenvalue weighted by Gasteiger charge is 2.28. The molecule has 0 aliphatic carbocycles. The molecule has 1 heterocycles. The largest absolute Gasteiger partial charge is 0.497 e. The summed E-state index contributed by atoms with van der Waals surface area (Å²) in [5.41, 5.74) is 2.68. The molecule has 7 nitrogen and oxygen atoms in total. The van der Waals surface area contributed by atoms with E-state index in [0.29, 0.717) is 22.4 Å². The summed E-state index contributed by atoms with van der Waals surface area (Å²) in [4.78, 5) is 30.3. The van der Waals surface area contributed by atoms with Gasteiger partial charge in [0.15, 0.2) is 0 Å². The molecule has 2 N–H and O–H groups in total. The molecule has 0 saturated carbocycles. The van der Waals surface area contributed by atoms with Crippen molar-refractivity contribution in [2.24, 2.45) is 4.99 Å². The molecule has 1 aliphatic heterocycles. The number of nitrogens with one attached hydrogen (secondary N) is 2. The van der Waals surface area contributed by atoms with Crippen molar-refractivity contribution < 1.29 is 14.3 Å². The minimum absolute atomic E-state index is 0.121. The number of carbonyl (C=O) groups is 2. The number of hydrogen-bond acceptors (Lipinski definition) is 5. The third kappa shape index (κ3) is 4.57. The maximum absolute atomic E-state index is 13.0. The van der Waals surface area contributed by atoms with Crippen molar-refractivity contribution in [1.82, 2.24) is 10.6 Å². The lowest BCUT2D eigenvalue weighted by atomic mass is 10.0. The highest BCUT2D eigenvalue weighted by atomic mass is 16.5. The van der Waals surface area contributed by atoms with Gasteiger partial charge in [-0.25, -0.2) is 4.99 Å². The normalized spacial score (nSPS) is 14.2. The maximum Gasteiger partial charge on any atom is 0.264 e. The number of hydrogen-bond donors (Lipinski definition) is 2. The monoisotopic (exact) mass is 450 g/mol. The molecule has 1 atom stereocenters. The van der Waals surface area contributed by atoms with Crippen LogP contribution < -0.4 is 15.4 Å². The summed E-state index contributed by atoms with van der Waals surface area (Å²) < 4.78 is 5.13. The Kier molecular flexibility index (Phi) is 6.51. The van der Waals surface area contributed by atoms with Crippen LogP contribution in [0.2, 0.25) is 0 Å². The van der Waals surface area contributed by atoms with E-state index in [1.54, 1.807) is 55.6 Å². The van der Waals surface area contributed by atoms with E-state index < -0.39 is 5.91 Å². The maximum atomic E-state index is 13.0. The molecule has 1 aliphatic rings. The molecule has 168 valence electrons. The molecule has 1 unspecified atom stereocenters. The lowest BCUT2D eigenvalue weighted by Crippen LogP contribution is -2.30. The van der Waals surface area contributed by atoms with E-state index in [-0.39, 0.29) is 29.1 Å². The minimum Gasteiger partial charge on any atom is -0.497 e. The molecule has 3 aromatic carbocycles. The molecule has 0 bridgehead atoms. The van der Waals surface area contributed by atoms with Crippen LogP contribution in [0.5, 0.6) is 5.75 Å². The number of nitriles is 1. The first-order valence-corrected chi connectivity index (χ1v) is 10.7. The Morgan fingerprint density at radius 1 is 0.941 bits per heavy atom. The quantitative estimate of drug-likeness (QED) is 0.453. The van der Waals surface area contributed by atoms with Crippen molar-refractivity contribution in [2.45, 2.75) is 13.0 Å². The Labute approximate surface area is 197 Å². The highest BCUT2D eigenvalue weighted by molar-refractivity contribution is 6.20. The number of fused-ring (bicyclic) bond motifs is 1. The van der Waals surface area contributed by atoms with Crippen molar-refractivity contribution >= 4 is 23.3 Å². The first-order valence-electron chi connectivity index (χ1n) is 10.7. The Hall–Kier alpha value is -4.70. The highest BCUT2D eigenvalue weighted by Crippen LogP contribution is 2.31. The van der Waals surface area contributed by atoms with E-state index in [9.17, 15) is 14.9 Å². The van der Waals surface area contributed by atoms with Gasteiger partial charge in [-0.1, -0.05) is 54.6 Å². The van der Waals surface area contributed by atoms with Gasteiger partial charge in [-0.05, 0) is 36.8 Å². The summed E-state index contributed by atoms with van der Waals surface area (Å²) in [5.74, 6) is 0.0241. The zero-order valence-corrected chi connectivity index (χ0v) is 18.7. The van der Waals surface area contributed by atoms with Gasteiger partial charge in [-0.15, -0.1) is 0 Å². The Morgan fingerprint density at radius 3 is 2.24 bits per heavy atom. The van der Waals surface area contributed by atoms with Gasteiger partial charge in [-0.2, -0.15) is 5.26 Å². The molecule has 0 saturated heterocycles. The Balaban J connectivity index is 1.64. The first kappa shape index (κ1) is 22.5. The zero-order valence-electron chi connectivity index (χ0n) is 18.7. The van der Waals surface area contributed by atoms with Crippen molar-refractivity contribution in [3.63, 3.8) is 0 Å². The summed E-state index contributed by atoms with van der Waals surface area (Å²) in [6.45, 7) is 1.85. The predicted molar refractivity (Wildman–Crippen MR) is 129 cm³/mol. The van der Waals surface area contributed by atoms with Crippen LogP contribution in [0.15, 0.2) is 89.4 Å². The van der Waals surface area contributed by atoms with Gasteiger partial charge in [-0.3, -0.25) is 9.59 Å². The lowest BCUT2D eigenvalue weighted by molar-refractivity contribution is -0.117. The van der Waals surface area contributed by atoms with Gasteiger partial charge in [0, 0.05) is 16.7 Å². The first-order chi connectivity index (χ1) is 16.5. The molecule has 0 radical (unpaired) electrons. The van der Waals surface area contributed by atoms with E-state index in [0.717, 1.165) is 5.56 Å². The van der Waals surface area contributed by atoms with Gasteiger partial charge >= 0.3 is 0 Å². The lowest BCUT2D eigenvalue weighted by Gasteiger charge is -2.14. The Morgan fingerprint density at radius 2 is 1.59 bits per heavy atom. The van der Waals surface area contributed by atoms with E-state index >= 15 is 0 Å². The van der Waals surface area contributed by atoms with Crippen LogP contribution in [0.3, 0.4) is 0 Å². The number of ether oxygens (including phenoxy) is 1. The average molecular weight is 450 g/mol. The summed E-state index contributed by atoms with van der Waals surface area (Å²) in [7, 11) is 1.55. The molecule has 0 fully saturated rings. The van der Waals surface area contributed by atoms with Crippen LogP contribution in [0.1, 0.15) is 40.0 Å². The number of benzene rings is 3. The van der Waals surface area contributed by atoms with Crippen LogP contribution in [-0.4, -0.2) is 24.8 Å². The van der Waals surface area contributed by atoms with Crippen LogP contribution in [0.25, 0.3) is 5.70 Å². The summed E-state index contributed by atoms with van der Waals surface area (Å²) in [6.07, 6.45) is 0. The SMILES string of the molecule is COc1ccc(C(=O)NC2=NC(=C(C#N)C(=O)NC(C)c3ccccc3)c3ccccc32)cc1. The smallest absolute Gasteiger partial charge is 0.264 e. The number of aliphatic imine (C=N–C) groups is 1. The van der Waals surface area contributed by atoms with Crippen LogP contribution in [0, 0.1) is 11.3 Å². The third-order valence-corrected chi connectivity index (χ3v) is 5.47. The standard InChI is InChI=1S/C27H22N4O3/c1-17(18-8-4-3-5-9-18)29-27(33)23(16-28)24-21-10-6-7-11-22(21)25(30-24)31-26(32)19-12-14-20(34-2)15-13-19/h3-15,17H,1-2H3,(H,29,33)(H,30,31,32). The van der Waals surface area contributed by atoms with Crippen molar-refractivity contribution in [3.8, 4) is 11.8 Å². The molecular weight excluding hydrogens is 428 g/mol. The second-order valence-corrected chi connectivity index (χ2v) is 7.63. The van der Waals surface area contributed by atoms with Crippen molar-refractivity contribution in [3.05, 3.63) is 107 Å². The van der Waals surface area contributed by atoms with E-state index in [1.165, 1.54) is 0 Å². The van der Waals surface area contributed by atoms with Gasteiger partial charge in [0.2, 0.25) is 0 Å². The van der Waals surface area contributed by atoms with Crippen molar-refractivity contribution in [1.29, 1.82) is 5.26 Å². The number of carbonyl (C=O) groups excluding carboxylic acids is 2. The molecule has 0 spiro atoms. The zero-order chi connectivity index (χ0) is 24.1. The van der Waals surface area contributed by atoms with Gasteiger partial charge in [0.25, 0.3) is 11.8 Å². The van der Waals surface area contributed by atoms with E-state index in [4.69, 9.17) is 4.74 Å². The summed E-state index contributed by atoms with van der Waals surface area (Å²) in [5, 5.41) is 15.5. The third-order valence-electron chi connectivity index (χ3n) is 5.47. The van der Waals surface area contributed by atoms with E-state index in [2.05, 4.69) is 15.6 Å². The average Bonchev–Trinajstić information content (AvgIpc) is 3.23. The molecule has 7 heteroatoms. The van der Waals surface area contributed by atoms with Gasteiger partial charge < -0.3 is 15.4 Å². The number of amidine groups is 1. The predicted octanol–water partition coefficient (Wildman–Crippen LogP) is 4.00. The van der Waals surface area contributed by atoms with Crippen LogP contribution in [0.4, 0.5) is 0 Å². The fraction of sp³-hybridized carbons (Fsp3) is 0.111. The second-order valence-electron chi connectivity index (χ2n) is 7.63. The van der Waals surface area contributed by atoms with Gasteiger partial charge in [0.05, 0.1) is 18.8 Å². The number of rotatable bonds is 5. The molecule has 3 aromatic rings. The fourth-order valence-corrected chi connectivity index (χ4v) is 3.64. The van der Waals surface area contributed by atoms with Gasteiger partial charge in [0.1, 0.15) is 23.2 Å². The van der Waals surface area contributed by atoms with Crippen LogP contribution in [-0.2, 0) is 4.79 Å². The van der Waals surface area contributed by atoms with Crippen molar-refractivity contribution in [2.75, 3.05) is 7.11 Å². The number of nitrogens with zero attached hydrogens (tertiary/aromatic N) is 2. The fourth-order valence-electron chi connectivity index (χ4n) is 3.64. The van der Waals surface area contributed by atoms with Crippen LogP contribution >= 0.6 is 0 Å². The molecule has 34 heavy (non-hydrogen) atoms. The summed E-state index contributed by atoms with van der Waals surface area (Å²) >= 11 is 0. The summed E-state index contributed by atoms with van der Waals surface area (Å²) in [6, 6.07) is 25.0. The molecule has 4 rings (SSSR count). The minimum atomic E-state index is -0.532. The Bertz CT molecular complexity index is 1340. The second kappa shape index (κ2) is 9.84. The topological polar surface area (TPSA) is 104 Å². The van der Waals surface area contributed by atoms with E-state index in [1.807, 2.05) is 43.3 Å². The molecular formula is C27H22N4O3. The molecule has 2 amide bonds.